The monoisotopic (exact) mass is 342 g/mol. The van der Waals surface area contributed by atoms with E-state index in [1.807, 2.05) is 32.0 Å². The summed E-state index contributed by atoms with van der Waals surface area (Å²) in [5.41, 5.74) is 5.10. The molecule has 0 bridgehead atoms. The molecular formula is C14H19BrN2O3. The van der Waals surface area contributed by atoms with Crippen molar-refractivity contribution in [2.75, 3.05) is 13.6 Å². The summed E-state index contributed by atoms with van der Waals surface area (Å²) in [5, 5.41) is 0. The van der Waals surface area contributed by atoms with Crippen LogP contribution in [0.15, 0.2) is 28.7 Å². The molecule has 1 atom stereocenters. The molecule has 1 aromatic rings. The average Bonchev–Trinajstić information content (AvgIpc) is 2.35. The molecule has 1 rings (SSSR count). The van der Waals surface area contributed by atoms with Crippen LogP contribution in [0, 0.1) is 5.92 Å². The van der Waals surface area contributed by atoms with Gasteiger partial charge in [-0.25, -0.2) is 0 Å². The first kappa shape index (κ1) is 16.5. The van der Waals surface area contributed by atoms with Crippen LogP contribution in [0.4, 0.5) is 0 Å². The number of carbonyl (C=O) groups is 2. The van der Waals surface area contributed by atoms with Crippen molar-refractivity contribution in [1.29, 1.82) is 0 Å². The number of nitrogens with zero attached hydrogens (tertiary/aromatic N) is 1. The van der Waals surface area contributed by atoms with Crippen LogP contribution in [-0.2, 0) is 9.59 Å². The zero-order valence-corrected chi connectivity index (χ0v) is 13.4. The molecule has 0 radical (unpaired) electrons. The van der Waals surface area contributed by atoms with Crippen molar-refractivity contribution in [3.05, 3.63) is 28.7 Å². The number of rotatable bonds is 6. The van der Waals surface area contributed by atoms with E-state index < -0.39 is 12.0 Å². The second-order valence-corrected chi connectivity index (χ2v) is 5.73. The van der Waals surface area contributed by atoms with Crippen LogP contribution in [0.2, 0.25) is 0 Å². The Morgan fingerprint density at radius 3 is 2.45 bits per heavy atom. The lowest BCUT2D eigenvalue weighted by Crippen LogP contribution is -2.45. The van der Waals surface area contributed by atoms with Crippen LogP contribution in [0.5, 0.6) is 5.75 Å². The average molecular weight is 343 g/mol. The van der Waals surface area contributed by atoms with Gasteiger partial charge in [0.2, 0.25) is 5.91 Å². The van der Waals surface area contributed by atoms with Gasteiger partial charge in [-0.1, -0.05) is 26.0 Å². The molecule has 0 aromatic heterocycles. The SMILES string of the molecule is CC(C)[C@@H](Oc1ccccc1Br)C(=O)N(C)CC(N)=O. The maximum Gasteiger partial charge on any atom is 0.264 e. The molecule has 2 N–H and O–H groups in total. The minimum Gasteiger partial charge on any atom is -0.479 e. The van der Waals surface area contributed by atoms with E-state index in [1.165, 1.54) is 11.9 Å². The highest BCUT2D eigenvalue weighted by Crippen LogP contribution is 2.26. The van der Waals surface area contributed by atoms with E-state index in [4.69, 9.17) is 10.5 Å². The van der Waals surface area contributed by atoms with E-state index in [1.54, 1.807) is 6.07 Å². The van der Waals surface area contributed by atoms with Gasteiger partial charge in [-0.15, -0.1) is 0 Å². The third-order valence-electron chi connectivity index (χ3n) is 2.71. The molecule has 0 aliphatic rings. The Morgan fingerprint density at radius 2 is 1.95 bits per heavy atom. The second kappa shape index (κ2) is 7.28. The molecule has 0 saturated carbocycles. The number of carbonyl (C=O) groups excluding carboxylic acids is 2. The van der Waals surface area contributed by atoms with Gasteiger partial charge in [0.15, 0.2) is 6.10 Å². The molecule has 0 aliphatic heterocycles. The Balaban J connectivity index is 2.87. The van der Waals surface area contributed by atoms with E-state index in [2.05, 4.69) is 15.9 Å². The van der Waals surface area contributed by atoms with Crippen molar-refractivity contribution >= 4 is 27.7 Å². The van der Waals surface area contributed by atoms with Gasteiger partial charge in [0.1, 0.15) is 5.75 Å². The van der Waals surface area contributed by atoms with Gasteiger partial charge in [0, 0.05) is 7.05 Å². The summed E-state index contributed by atoms with van der Waals surface area (Å²) in [4.78, 5) is 24.5. The van der Waals surface area contributed by atoms with E-state index in [-0.39, 0.29) is 18.4 Å². The van der Waals surface area contributed by atoms with E-state index in [9.17, 15) is 9.59 Å². The fraction of sp³-hybridized carbons (Fsp3) is 0.429. The number of amides is 2. The Labute approximate surface area is 127 Å². The van der Waals surface area contributed by atoms with Gasteiger partial charge in [-0.3, -0.25) is 9.59 Å². The van der Waals surface area contributed by atoms with Crippen molar-refractivity contribution in [1.82, 2.24) is 4.90 Å². The Kier molecular flexibility index (Phi) is 6.01. The number of para-hydroxylation sites is 1. The fourth-order valence-corrected chi connectivity index (χ4v) is 2.06. The third-order valence-corrected chi connectivity index (χ3v) is 3.36. The van der Waals surface area contributed by atoms with Gasteiger partial charge in [-0.2, -0.15) is 0 Å². The van der Waals surface area contributed by atoms with Gasteiger partial charge in [-0.05, 0) is 34.0 Å². The molecule has 0 spiro atoms. The highest BCUT2D eigenvalue weighted by Gasteiger charge is 2.28. The first-order chi connectivity index (χ1) is 9.32. The zero-order chi connectivity index (χ0) is 15.3. The fourth-order valence-electron chi connectivity index (χ4n) is 1.68. The lowest BCUT2D eigenvalue weighted by molar-refractivity contribution is -0.141. The van der Waals surface area contributed by atoms with Gasteiger partial charge in [0.25, 0.3) is 5.91 Å². The zero-order valence-electron chi connectivity index (χ0n) is 11.8. The highest BCUT2D eigenvalue weighted by atomic mass is 79.9. The van der Waals surface area contributed by atoms with Crippen molar-refractivity contribution in [3.63, 3.8) is 0 Å². The van der Waals surface area contributed by atoms with Crippen LogP contribution in [0.25, 0.3) is 0 Å². The number of benzene rings is 1. The van der Waals surface area contributed by atoms with E-state index in [0.717, 1.165) is 4.47 Å². The number of ether oxygens (including phenoxy) is 1. The summed E-state index contributed by atoms with van der Waals surface area (Å²) < 4.78 is 6.56. The summed E-state index contributed by atoms with van der Waals surface area (Å²) in [6, 6.07) is 7.31. The number of hydrogen-bond donors (Lipinski definition) is 1. The molecular weight excluding hydrogens is 324 g/mol. The summed E-state index contributed by atoms with van der Waals surface area (Å²) in [7, 11) is 1.53. The van der Waals surface area contributed by atoms with Gasteiger partial charge in [0.05, 0.1) is 11.0 Å². The van der Waals surface area contributed by atoms with Crippen LogP contribution in [-0.4, -0.2) is 36.4 Å². The molecule has 0 fully saturated rings. The Hall–Kier alpha value is -1.56. The predicted octanol–water partition coefficient (Wildman–Crippen LogP) is 1.80. The summed E-state index contributed by atoms with van der Waals surface area (Å²) in [6.07, 6.45) is -0.668. The topological polar surface area (TPSA) is 72.6 Å². The van der Waals surface area contributed by atoms with E-state index in [0.29, 0.717) is 5.75 Å². The second-order valence-electron chi connectivity index (χ2n) is 4.87. The summed E-state index contributed by atoms with van der Waals surface area (Å²) in [5.74, 6) is -0.268. The molecule has 0 unspecified atom stereocenters. The number of primary amides is 1. The lowest BCUT2D eigenvalue weighted by Gasteiger charge is -2.26. The molecule has 0 aliphatic carbocycles. The standard InChI is InChI=1S/C14H19BrN2O3/c1-9(2)13(14(19)17(3)8-12(16)18)20-11-7-5-4-6-10(11)15/h4-7,9,13H,8H2,1-3H3,(H2,16,18)/t13-/m1/s1. The lowest BCUT2D eigenvalue weighted by atomic mass is 10.1. The maximum absolute atomic E-state index is 12.3. The number of halogens is 1. The largest absolute Gasteiger partial charge is 0.479 e. The summed E-state index contributed by atoms with van der Waals surface area (Å²) in [6.45, 7) is 3.65. The van der Waals surface area contributed by atoms with Gasteiger partial charge >= 0.3 is 0 Å². The van der Waals surface area contributed by atoms with E-state index >= 15 is 0 Å². The van der Waals surface area contributed by atoms with Crippen molar-refractivity contribution in [2.24, 2.45) is 11.7 Å². The minimum absolute atomic E-state index is 0.0371. The quantitative estimate of drug-likeness (QED) is 0.856. The molecule has 0 saturated heterocycles. The first-order valence-corrected chi connectivity index (χ1v) is 7.06. The molecule has 0 heterocycles. The number of hydrogen-bond acceptors (Lipinski definition) is 3. The first-order valence-electron chi connectivity index (χ1n) is 6.27. The molecule has 6 heteroatoms. The van der Waals surface area contributed by atoms with Gasteiger partial charge < -0.3 is 15.4 Å². The highest BCUT2D eigenvalue weighted by molar-refractivity contribution is 9.10. The van der Waals surface area contributed by atoms with Crippen LogP contribution in [0.3, 0.4) is 0 Å². The van der Waals surface area contributed by atoms with Crippen LogP contribution in [0.1, 0.15) is 13.8 Å². The predicted molar refractivity (Wildman–Crippen MR) is 80.2 cm³/mol. The molecule has 2 amide bonds. The van der Waals surface area contributed by atoms with Crippen molar-refractivity contribution < 1.29 is 14.3 Å². The normalized spacial score (nSPS) is 12.1. The molecule has 1 aromatic carbocycles. The van der Waals surface area contributed by atoms with Crippen molar-refractivity contribution in [3.8, 4) is 5.75 Å². The third kappa shape index (κ3) is 4.52. The maximum atomic E-state index is 12.3. The Bertz CT molecular complexity index is 491. The van der Waals surface area contributed by atoms with Crippen LogP contribution >= 0.6 is 15.9 Å². The molecule has 5 nitrogen and oxygen atoms in total. The number of nitrogens with two attached hydrogens (primary N) is 1. The molecule has 110 valence electrons. The summed E-state index contributed by atoms with van der Waals surface area (Å²) >= 11 is 3.38. The van der Waals surface area contributed by atoms with Crippen LogP contribution < -0.4 is 10.5 Å². The molecule has 20 heavy (non-hydrogen) atoms. The smallest absolute Gasteiger partial charge is 0.264 e. The minimum atomic E-state index is -0.668. The van der Waals surface area contributed by atoms with Crippen molar-refractivity contribution in [2.45, 2.75) is 20.0 Å². The number of likely N-dealkylation sites (N-methyl/N-ethyl adjacent to an activating group) is 1. The Morgan fingerprint density at radius 1 is 1.35 bits per heavy atom.